The number of hydrogen-bond acceptors (Lipinski definition) is 3. The van der Waals surface area contributed by atoms with Crippen molar-refractivity contribution >= 4 is 11.8 Å². The van der Waals surface area contributed by atoms with E-state index in [4.69, 9.17) is 0 Å². The molecule has 6 heteroatoms. The molecule has 0 fully saturated rings. The molecule has 6 nitrogen and oxygen atoms in total. The van der Waals surface area contributed by atoms with E-state index in [1.807, 2.05) is 29.8 Å². The van der Waals surface area contributed by atoms with Crippen LogP contribution >= 0.6 is 0 Å². The zero-order chi connectivity index (χ0) is 20.0. The summed E-state index contributed by atoms with van der Waals surface area (Å²) in [6, 6.07) is 6.92. The fourth-order valence-electron chi connectivity index (χ4n) is 2.72. The minimum atomic E-state index is -0.588. The molecule has 2 N–H and O–H groups in total. The number of aromatic nitrogens is 2. The average molecular weight is 370 g/mol. The molecule has 2 aromatic rings. The van der Waals surface area contributed by atoms with E-state index >= 15 is 0 Å². The Labute approximate surface area is 161 Å². The van der Waals surface area contributed by atoms with Gasteiger partial charge < -0.3 is 15.2 Å². The summed E-state index contributed by atoms with van der Waals surface area (Å²) in [6.45, 7) is 11.4. The summed E-state index contributed by atoms with van der Waals surface area (Å²) < 4.78 is 2.04. The molecule has 1 atom stereocenters. The molecule has 0 aliphatic heterocycles. The Hall–Kier alpha value is -2.63. The Morgan fingerprint density at radius 2 is 1.85 bits per heavy atom. The summed E-state index contributed by atoms with van der Waals surface area (Å²) in [7, 11) is 0. The van der Waals surface area contributed by atoms with Crippen molar-refractivity contribution in [1.29, 1.82) is 0 Å². The molecular weight excluding hydrogens is 340 g/mol. The minimum absolute atomic E-state index is 0.0391. The quantitative estimate of drug-likeness (QED) is 0.736. The maximum absolute atomic E-state index is 12.3. The van der Waals surface area contributed by atoms with Crippen molar-refractivity contribution in [2.75, 3.05) is 6.54 Å². The van der Waals surface area contributed by atoms with Crippen molar-refractivity contribution in [2.24, 2.45) is 0 Å². The lowest BCUT2D eigenvalue weighted by atomic mass is 9.86. The van der Waals surface area contributed by atoms with E-state index in [0.717, 1.165) is 24.4 Å². The summed E-state index contributed by atoms with van der Waals surface area (Å²) in [5.41, 5.74) is 1.76. The SMILES string of the molecule is Cc1nccn1CCCNC(=O)C(C)NC(=O)c1ccc(C(C)(C)C)cc1. The van der Waals surface area contributed by atoms with Gasteiger partial charge in [0, 0.05) is 31.0 Å². The van der Waals surface area contributed by atoms with Gasteiger partial charge in [0.1, 0.15) is 11.9 Å². The standard InChI is InChI=1S/C21H30N4O2/c1-15(19(26)23-11-6-13-25-14-12-22-16(25)2)24-20(27)17-7-9-18(10-8-17)21(3,4)5/h7-10,12,14-15H,6,11,13H2,1-5H3,(H,23,26)(H,24,27). The predicted octanol–water partition coefficient (Wildman–Crippen LogP) is 2.81. The van der Waals surface area contributed by atoms with E-state index in [-0.39, 0.29) is 17.2 Å². The lowest BCUT2D eigenvalue weighted by Gasteiger charge is -2.19. The van der Waals surface area contributed by atoms with Crippen LogP contribution < -0.4 is 10.6 Å². The Kier molecular flexibility index (Phi) is 6.77. The van der Waals surface area contributed by atoms with Gasteiger partial charge in [0.05, 0.1) is 0 Å². The average Bonchev–Trinajstić information content (AvgIpc) is 3.02. The topological polar surface area (TPSA) is 76.0 Å². The first-order valence-corrected chi connectivity index (χ1v) is 9.35. The number of benzene rings is 1. The largest absolute Gasteiger partial charge is 0.354 e. The third kappa shape index (κ3) is 5.94. The number of imidazole rings is 1. The fraction of sp³-hybridized carbons (Fsp3) is 0.476. The molecule has 0 saturated carbocycles. The van der Waals surface area contributed by atoms with Gasteiger partial charge in [0.2, 0.25) is 5.91 Å². The second-order valence-electron chi connectivity index (χ2n) is 7.83. The van der Waals surface area contributed by atoms with Gasteiger partial charge in [0.25, 0.3) is 5.91 Å². The number of amides is 2. The number of nitrogens with zero attached hydrogens (tertiary/aromatic N) is 2. The van der Waals surface area contributed by atoms with Crippen molar-refractivity contribution < 1.29 is 9.59 Å². The highest BCUT2D eigenvalue weighted by atomic mass is 16.2. The molecule has 0 aliphatic rings. The van der Waals surface area contributed by atoms with Gasteiger partial charge in [0.15, 0.2) is 0 Å². The van der Waals surface area contributed by atoms with Crippen LogP contribution in [0, 0.1) is 6.92 Å². The number of carbonyl (C=O) groups excluding carboxylic acids is 2. The molecule has 1 aromatic heterocycles. The van der Waals surface area contributed by atoms with Crippen LogP contribution in [-0.4, -0.2) is 34.0 Å². The molecule has 1 heterocycles. The lowest BCUT2D eigenvalue weighted by Crippen LogP contribution is -2.45. The molecule has 0 radical (unpaired) electrons. The molecule has 0 spiro atoms. The lowest BCUT2D eigenvalue weighted by molar-refractivity contribution is -0.122. The highest BCUT2D eigenvalue weighted by Gasteiger charge is 2.18. The molecular formula is C21H30N4O2. The van der Waals surface area contributed by atoms with E-state index < -0.39 is 6.04 Å². The molecule has 0 saturated heterocycles. The van der Waals surface area contributed by atoms with Crippen molar-refractivity contribution in [3.63, 3.8) is 0 Å². The summed E-state index contributed by atoms with van der Waals surface area (Å²) in [5, 5.41) is 5.61. The third-order valence-electron chi connectivity index (χ3n) is 4.55. The molecule has 27 heavy (non-hydrogen) atoms. The van der Waals surface area contributed by atoms with Crippen LogP contribution in [-0.2, 0) is 16.8 Å². The first kappa shape index (κ1) is 20.7. The molecule has 2 rings (SSSR count). The van der Waals surface area contributed by atoms with Crippen LogP contribution in [0.3, 0.4) is 0 Å². The Balaban J connectivity index is 1.77. The molecule has 146 valence electrons. The first-order chi connectivity index (χ1) is 12.7. The van der Waals surface area contributed by atoms with Crippen molar-refractivity contribution in [2.45, 2.75) is 59.0 Å². The summed E-state index contributed by atoms with van der Waals surface area (Å²) in [4.78, 5) is 28.7. The number of carbonyl (C=O) groups is 2. The number of nitrogens with one attached hydrogen (secondary N) is 2. The maximum Gasteiger partial charge on any atom is 0.251 e. The molecule has 1 aromatic carbocycles. The molecule has 2 amide bonds. The van der Waals surface area contributed by atoms with Gasteiger partial charge in [-0.3, -0.25) is 9.59 Å². The zero-order valence-corrected chi connectivity index (χ0v) is 16.9. The van der Waals surface area contributed by atoms with Crippen molar-refractivity contribution in [3.05, 3.63) is 53.6 Å². The Morgan fingerprint density at radius 1 is 1.19 bits per heavy atom. The number of aryl methyl sites for hydroxylation is 2. The first-order valence-electron chi connectivity index (χ1n) is 9.35. The van der Waals surface area contributed by atoms with Crippen molar-refractivity contribution in [1.82, 2.24) is 20.2 Å². The van der Waals surface area contributed by atoms with Crippen LogP contribution in [0.25, 0.3) is 0 Å². The van der Waals surface area contributed by atoms with E-state index in [9.17, 15) is 9.59 Å². The van der Waals surface area contributed by atoms with Gasteiger partial charge in [-0.15, -0.1) is 0 Å². The summed E-state index contributed by atoms with van der Waals surface area (Å²) in [6.07, 6.45) is 4.49. The fourth-order valence-corrected chi connectivity index (χ4v) is 2.72. The van der Waals surface area contributed by atoms with Gasteiger partial charge in [-0.05, 0) is 43.4 Å². The second kappa shape index (κ2) is 8.84. The monoisotopic (exact) mass is 370 g/mol. The summed E-state index contributed by atoms with van der Waals surface area (Å²) in [5.74, 6) is 0.531. The second-order valence-corrected chi connectivity index (χ2v) is 7.83. The van der Waals surface area contributed by atoms with Crippen LogP contribution in [0.5, 0.6) is 0 Å². The van der Waals surface area contributed by atoms with Gasteiger partial charge >= 0.3 is 0 Å². The van der Waals surface area contributed by atoms with Crippen LogP contribution in [0.1, 0.15) is 55.9 Å². The van der Waals surface area contributed by atoms with Crippen LogP contribution in [0.2, 0.25) is 0 Å². The van der Waals surface area contributed by atoms with Gasteiger partial charge in [-0.2, -0.15) is 0 Å². The third-order valence-corrected chi connectivity index (χ3v) is 4.55. The predicted molar refractivity (Wildman–Crippen MR) is 107 cm³/mol. The zero-order valence-electron chi connectivity index (χ0n) is 16.9. The normalized spacial score (nSPS) is 12.5. The van der Waals surface area contributed by atoms with E-state index in [0.29, 0.717) is 12.1 Å². The number of hydrogen-bond donors (Lipinski definition) is 2. The van der Waals surface area contributed by atoms with Crippen LogP contribution in [0.15, 0.2) is 36.7 Å². The van der Waals surface area contributed by atoms with E-state index in [2.05, 4.69) is 36.4 Å². The molecule has 0 aliphatic carbocycles. The van der Waals surface area contributed by atoms with Gasteiger partial charge in [-0.1, -0.05) is 32.9 Å². The molecule has 0 bridgehead atoms. The highest BCUT2D eigenvalue weighted by Crippen LogP contribution is 2.22. The highest BCUT2D eigenvalue weighted by molar-refractivity contribution is 5.97. The van der Waals surface area contributed by atoms with E-state index in [1.54, 1.807) is 25.3 Å². The minimum Gasteiger partial charge on any atom is -0.354 e. The van der Waals surface area contributed by atoms with Gasteiger partial charge in [-0.25, -0.2) is 4.98 Å². The smallest absolute Gasteiger partial charge is 0.251 e. The van der Waals surface area contributed by atoms with E-state index in [1.165, 1.54) is 0 Å². The maximum atomic E-state index is 12.3. The van der Waals surface area contributed by atoms with Crippen LogP contribution in [0.4, 0.5) is 0 Å². The number of rotatable bonds is 7. The molecule has 1 unspecified atom stereocenters. The Morgan fingerprint density at radius 3 is 2.41 bits per heavy atom. The summed E-state index contributed by atoms with van der Waals surface area (Å²) >= 11 is 0. The van der Waals surface area contributed by atoms with Crippen molar-refractivity contribution in [3.8, 4) is 0 Å². The Bertz CT molecular complexity index is 772.